The van der Waals surface area contributed by atoms with Gasteiger partial charge in [-0.15, -0.1) is 0 Å². The molecule has 0 spiro atoms. The van der Waals surface area contributed by atoms with Crippen LogP contribution in [0.25, 0.3) is 0 Å². The van der Waals surface area contributed by atoms with Crippen LogP contribution in [0.4, 0.5) is 0 Å². The molecular weight excluding hydrogens is 340 g/mol. The molecule has 5 nitrogen and oxygen atoms in total. The second kappa shape index (κ2) is 8.98. The highest BCUT2D eigenvalue weighted by Crippen LogP contribution is 2.32. The van der Waals surface area contributed by atoms with Gasteiger partial charge in [-0.05, 0) is 44.2 Å². The molecule has 2 aromatic rings. The number of carbonyl (C=O) groups is 2. The lowest BCUT2D eigenvalue weighted by atomic mass is 9.84. The molecule has 0 aliphatic heterocycles. The summed E-state index contributed by atoms with van der Waals surface area (Å²) in [6, 6.07) is 9.78. The molecule has 1 heterocycles. The summed E-state index contributed by atoms with van der Waals surface area (Å²) in [6.07, 6.45) is 6.59. The number of hydrogen-bond donors (Lipinski definition) is 0. The molecule has 0 N–H and O–H groups in total. The van der Waals surface area contributed by atoms with Crippen LogP contribution in [0.15, 0.2) is 30.3 Å². The van der Waals surface area contributed by atoms with Gasteiger partial charge in [-0.3, -0.25) is 14.3 Å². The Bertz CT molecular complexity index is 786. The van der Waals surface area contributed by atoms with Gasteiger partial charge in [-0.2, -0.15) is 5.10 Å². The maximum absolute atomic E-state index is 12.3. The van der Waals surface area contributed by atoms with E-state index in [-0.39, 0.29) is 24.8 Å². The van der Waals surface area contributed by atoms with E-state index in [0.717, 1.165) is 11.4 Å². The maximum Gasteiger partial charge on any atom is 0.308 e. The van der Waals surface area contributed by atoms with Crippen molar-refractivity contribution < 1.29 is 14.3 Å². The van der Waals surface area contributed by atoms with Crippen molar-refractivity contribution in [3.63, 3.8) is 0 Å². The van der Waals surface area contributed by atoms with Gasteiger partial charge in [0.25, 0.3) is 0 Å². The average molecular weight is 368 g/mol. The quantitative estimate of drug-likeness (QED) is 0.538. The fourth-order valence-electron chi connectivity index (χ4n) is 3.78. The van der Waals surface area contributed by atoms with Gasteiger partial charge in [-0.1, -0.05) is 43.5 Å². The molecule has 1 aromatic heterocycles. The Morgan fingerprint density at radius 2 is 1.81 bits per heavy atom. The third kappa shape index (κ3) is 5.28. The fraction of sp³-hybridized carbons (Fsp3) is 0.500. The van der Waals surface area contributed by atoms with Gasteiger partial charge >= 0.3 is 5.97 Å². The third-order valence-corrected chi connectivity index (χ3v) is 5.30. The summed E-state index contributed by atoms with van der Waals surface area (Å²) in [4.78, 5) is 24.2. The normalized spacial score (nSPS) is 14.9. The zero-order chi connectivity index (χ0) is 19.2. The third-order valence-electron chi connectivity index (χ3n) is 5.30. The summed E-state index contributed by atoms with van der Waals surface area (Å²) >= 11 is 0. The minimum Gasteiger partial charge on any atom is -0.457 e. The average Bonchev–Trinajstić information content (AvgIpc) is 3.02. The SMILES string of the molecule is Cc1cc(C)n(CCC(=O)OCC(=O)c2ccc(C3CCCCC3)cc2)n1. The van der Waals surface area contributed by atoms with Crippen molar-refractivity contribution in [2.45, 2.75) is 64.8 Å². The molecule has 0 bridgehead atoms. The first-order valence-electron chi connectivity index (χ1n) is 9.83. The highest BCUT2D eigenvalue weighted by molar-refractivity contribution is 5.97. The van der Waals surface area contributed by atoms with E-state index in [0.29, 0.717) is 18.0 Å². The van der Waals surface area contributed by atoms with Crippen molar-refractivity contribution in [2.24, 2.45) is 0 Å². The standard InChI is InChI=1S/C22H28N2O3/c1-16-14-17(2)24(23-16)13-12-22(26)27-15-21(25)20-10-8-19(9-11-20)18-6-4-3-5-7-18/h8-11,14,18H,3-7,12-13,15H2,1-2H3. The molecule has 0 radical (unpaired) electrons. The minimum absolute atomic E-state index is 0.162. The van der Waals surface area contributed by atoms with Gasteiger partial charge in [0.05, 0.1) is 18.7 Å². The van der Waals surface area contributed by atoms with E-state index >= 15 is 0 Å². The zero-order valence-electron chi connectivity index (χ0n) is 16.2. The molecule has 5 heteroatoms. The fourth-order valence-corrected chi connectivity index (χ4v) is 3.78. The number of rotatable bonds is 7. The summed E-state index contributed by atoms with van der Waals surface area (Å²) in [5.41, 5.74) is 3.84. The molecule has 1 aromatic carbocycles. The van der Waals surface area contributed by atoms with Gasteiger partial charge in [0.1, 0.15) is 0 Å². The Morgan fingerprint density at radius 1 is 1.11 bits per heavy atom. The largest absolute Gasteiger partial charge is 0.457 e. The molecule has 0 saturated heterocycles. The van der Waals surface area contributed by atoms with E-state index in [4.69, 9.17) is 4.74 Å². The van der Waals surface area contributed by atoms with Crippen molar-refractivity contribution >= 4 is 11.8 Å². The molecule has 1 aliphatic rings. The van der Waals surface area contributed by atoms with Crippen LogP contribution in [-0.4, -0.2) is 28.1 Å². The smallest absolute Gasteiger partial charge is 0.308 e. The van der Waals surface area contributed by atoms with E-state index in [1.54, 1.807) is 4.68 Å². The van der Waals surface area contributed by atoms with Gasteiger partial charge in [0.15, 0.2) is 12.4 Å². The molecule has 0 amide bonds. The molecule has 27 heavy (non-hydrogen) atoms. The van der Waals surface area contributed by atoms with Crippen LogP contribution in [0.2, 0.25) is 0 Å². The predicted molar refractivity (Wildman–Crippen MR) is 104 cm³/mol. The number of aryl methyl sites for hydroxylation is 3. The highest BCUT2D eigenvalue weighted by atomic mass is 16.5. The predicted octanol–water partition coefficient (Wildman–Crippen LogP) is 4.36. The molecule has 144 valence electrons. The number of aromatic nitrogens is 2. The van der Waals surface area contributed by atoms with Gasteiger partial charge in [-0.25, -0.2) is 0 Å². The van der Waals surface area contributed by atoms with Crippen molar-refractivity contribution in [3.05, 3.63) is 52.8 Å². The lowest BCUT2D eigenvalue weighted by Crippen LogP contribution is -2.16. The molecular formula is C22H28N2O3. The Balaban J connectivity index is 1.45. The Labute approximate surface area is 160 Å². The minimum atomic E-state index is -0.380. The van der Waals surface area contributed by atoms with Crippen LogP contribution in [-0.2, 0) is 16.1 Å². The van der Waals surface area contributed by atoms with E-state index in [1.807, 2.05) is 44.2 Å². The van der Waals surface area contributed by atoms with E-state index in [9.17, 15) is 9.59 Å². The Kier molecular flexibility index (Phi) is 6.43. The molecule has 1 saturated carbocycles. The van der Waals surface area contributed by atoms with Crippen molar-refractivity contribution in [1.29, 1.82) is 0 Å². The van der Waals surface area contributed by atoms with Gasteiger partial charge in [0, 0.05) is 11.3 Å². The number of hydrogen-bond acceptors (Lipinski definition) is 4. The number of Topliss-reactive ketones (excluding diaryl/α,β-unsaturated/α-hetero) is 1. The molecule has 3 rings (SSSR count). The van der Waals surface area contributed by atoms with Crippen molar-refractivity contribution in [2.75, 3.05) is 6.61 Å². The summed E-state index contributed by atoms with van der Waals surface area (Å²) in [6.45, 7) is 4.12. The zero-order valence-corrected chi connectivity index (χ0v) is 16.2. The van der Waals surface area contributed by atoms with Crippen LogP contribution < -0.4 is 0 Å². The summed E-state index contributed by atoms with van der Waals surface area (Å²) < 4.78 is 6.92. The first-order chi connectivity index (χ1) is 13.0. The summed E-state index contributed by atoms with van der Waals surface area (Å²) in [5, 5.41) is 4.31. The highest BCUT2D eigenvalue weighted by Gasteiger charge is 2.16. The molecule has 0 unspecified atom stereocenters. The van der Waals surface area contributed by atoms with Crippen LogP contribution in [0.5, 0.6) is 0 Å². The number of ether oxygens (including phenoxy) is 1. The monoisotopic (exact) mass is 368 g/mol. The van der Waals surface area contributed by atoms with Crippen molar-refractivity contribution in [3.8, 4) is 0 Å². The number of carbonyl (C=O) groups excluding carboxylic acids is 2. The Morgan fingerprint density at radius 3 is 2.44 bits per heavy atom. The van der Waals surface area contributed by atoms with Gasteiger partial charge in [0.2, 0.25) is 0 Å². The second-order valence-corrected chi connectivity index (χ2v) is 7.44. The topological polar surface area (TPSA) is 61.2 Å². The van der Waals surface area contributed by atoms with Gasteiger partial charge < -0.3 is 4.74 Å². The van der Waals surface area contributed by atoms with E-state index < -0.39 is 0 Å². The first-order valence-corrected chi connectivity index (χ1v) is 9.83. The van der Waals surface area contributed by atoms with Crippen LogP contribution in [0.1, 0.15) is 71.8 Å². The summed E-state index contributed by atoms with van der Waals surface area (Å²) in [5.74, 6) is 0.0782. The number of ketones is 1. The lowest BCUT2D eigenvalue weighted by Gasteiger charge is -2.22. The second-order valence-electron chi connectivity index (χ2n) is 7.44. The number of benzene rings is 1. The number of esters is 1. The van der Waals surface area contributed by atoms with E-state index in [2.05, 4.69) is 5.10 Å². The molecule has 1 fully saturated rings. The van der Waals surface area contributed by atoms with Crippen LogP contribution in [0.3, 0.4) is 0 Å². The first kappa shape index (κ1) is 19.3. The summed E-state index contributed by atoms with van der Waals surface area (Å²) in [7, 11) is 0. The molecule has 1 aliphatic carbocycles. The molecule has 0 atom stereocenters. The van der Waals surface area contributed by atoms with Crippen LogP contribution in [0, 0.1) is 13.8 Å². The lowest BCUT2D eigenvalue weighted by molar-refractivity contribution is -0.142. The van der Waals surface area contributed by atoms with E-state index in [1.165, 1.54) is 37.7 Å². The van der Waals surface area contributed by atoms with Crippen LogP contribution >= 0.6 is 0 Å². The Hall–Kier alpha value is -2.43. The maximum atomic E-state index is 12.3. The number of nitrogens with zero attached hydrogens (tertiary/aromatic N) is 2. The van der Waals surface area contributed by atoms with Crippen molar-refractivity contribution in [1.82, 2.24) is 9.78 Å².